The molecule has 0 bridgehead atoms. The zero-order valence-electron chi connectivity index (χ0n) is 14.1. The van der Waals surface area contributed by atoms with E-state index in [9.17, 15) is 9.59 Å². The highest BCUT2D eigenvalue weighted by atomic mass is 32.2. The van der Waals surface area contributed by atoms with Gasteiger partial charge in [-0.1, -0.05) is 32.0 Å². The van der Waals surface area contributed by atoms with Crippen LogP contribution in [0.25, 0.3) is 0 Å². The smallest absolute Gasteiger partial charge is 0.355 e. The van der Waals surface area contributed by atoms with E-state index in [0.29, 0.717) is 24.6 Å². The van der Waals surface area contributed by atoms with Crippen LogP contribution in [-0.2, 0) is 4.79 Å². The summed E-state index contributed by atoms with van der Waals surface area (Å²) in [6.45, 7) is 4.94. The number of carbonyl (C=O) groups is 2. The molecule has 1 aliphatic rings. The molecule has 1 saturated heterocycles. The summed E-state index contributed by atoms with van der Waals surface area (Å²) >= 11 is 2.81. The Morgan fingerprint density at radius 3 is 3.00 bits per heavy atom. The van der Waals surface area contributed by atoms with E-state index < -0.39 is 5.97 Å². The van der Waals surface area contributed by atoms with Crippen molar-refractivity contribution in [3.63, 3.8) is 0 Å². The fourth-order valence-corrected chi connectivity index (χ4v) is 4.94. The molecule has 0 saturated carbocycles. The predicted octanol–water partition coefficient (Wildman–Crippen LogP) is 2.69. The average Bonchev–Trinajstić information content (AvgIpc) is 3.15. The molecule has 3 atom stereocenters. The highest BCUT2D eigenvalue weighted by Crippen LogP contribution is 2.28. The number of hydrogen-bond acceptors (Lipinski definition) is 6. The molecule has 0 spiro atoms. The molecule has 2 rings (SSSR count). The third-order valence-corrected chi connectivity index (χ3v) is 6.48. The van der Waals surface area contributed by atoms with Gasteiger partial charge in [-0.3, -0.25) is 4.79 Å². The molecule has 2 unspecified atom stereocenters. The lowest BCUT2D eigenvalue weighted by molar-refractivity contribution is -0.129. The summed E-state index contributed by atoms with van der Waals surface area (Å²) in [7, 11) is 0. The Labute approximate surface area is 150 Å². The third kappa shape index (κ3) is 4.70. The van der Waals surface area contributed by atoms with Crippen molar-refractivity contribution >= 4 is 35.0 Å². The van der Waals surface area contributed by atoms with Crippen molar-refractivity contribution in [3.8, 4) is 0 Å². The lowest BCUT2D eigenvalue weighted by Crippen LogP contribution is -2.49. The van der Waals surface area contributed by atoms with E-state index in [4.69, 9.17) is 10.8 Å². The second kappa shape index (κ2) is 8.82. The maximum Gasteiger partial charge on any atom is 0.355 e. The molecule has 1 amide bonds. The van der Waals surface area contributed by atoms with Crippen LogP contribution in [0.2, 0.25) is 0 Å². The summed E-state index contributed by atoms with van der Waals surface area (Å²) in [5, 5.41) is 10.4. The number of aromatic nitrogens is 1. The van der Waals surface area contributed by atoms with Crippen molar-refractivity contribution in [2.24, 2.45) is 11.7 Å². The van der Waals surface area contributed by atoms with E-state index in [1.165, 1.54) is 28.5 Å². The van der Waals surface area contributed by atoms with E-state index in [2.05, 4.69) is 18.8 Å². The van der Waals surface area contributed by atoms with Gasteiger partial charge in [0.15, 0.2) is 10.0 Å². The number of thioether (sulfide) groups is 1. The van der Waals surface area contributed by atoms with E-state index in [-0.39, 0.29) is 23.7 Å². The second-order valence-electron chi connectivity index (χ2n) is 6.19. The maximum absolute atomic E-state index is 12.2. The normalized spacial score (nSPS) is 20.4. The number of likely N-dealkylation sites (tertiary alicyclic amines) is 1. The lowest BCUT2D eigenvalue weighted by atomic mass is 9.90. The van der Waals surface area contributed by atoms with Gasteiger partial charge in [0.1, 0.15) is 0 Å². The van der Waals surface area contributed by atoms with Gasteiger partial charge in [0.25, 0.3) is 0 Å². The standard InChI is InChI=1S/C16H25N3O3S2/c1-3-4-10(2)14(17)12-5-6-13(20)19(12)7-8-23-16-18-11(9-24-16)15(21)22/h9-10,12,14H,3-8,17H2,1-2H3,(H,21,22)/t10?,12-,14?/m1/s1. The molecule has 0 radical (unpaired) electrons. The Morgan fingerprint density at radius 2 is 2.38 bits per heavy atom. The number of rotatable bonds is 9. The van der Waals surface area contributed by atoms with Crippen molar-refractivity contribution in [1.29, 1.82) is 0 Å². The molecular formula is C16H25N3O3S2. The predicted molar refractivity (Wildman–Crippen MR) is 96.6 cm³/mol. The van der Waals surface area contributed by atoms with E-state index >= 15 is 0 Å². The Hall–Kier alpha value is -1.12. The van der Waals surface area contributed by atoms with E-state index in [0.717, 1.165) is 23.6 Å². The number of nitrogens with two attached hydrogens (primary N) is 1. The third-order valence-electron chi connectivity index (χ3n) is 4.48. The number of thiazole rings is 1. The Balaban J connectivity index is 1.88. The summed E-state index contributed by atoms with van der Waals surface area (Å²) in [5.41, 5.74) is 6.48. The van der Waals surface area contributed by atoms with E-state index in [1.807, 2.05) is 4.90 Å². The molecule has 24 heavy (non-hydrogen) atoms. The fourth-order valence-electron chi connectivity index (χ4n) is 3.13. The minimum absolute atomic E-state index is 0.0138. The largest absolute Gasteiger partial charge is 0.476 e. The fraction of sp³-hybridized carbons (Fsp3) is 0.688. The Bertz CT molecular complexity index is 579. The van der Waals surface area contributed by atoms with Crippen molar-refractivity contribution < 1.29 is 14.7 Å². The van der Waals surface area contributed by atoms with Crippen LogP contribution in [0.5, 0.6) is 0 Å². The second-order valence-corrected chi connectivity index (χ2v) is 8.39. The summed E-state index contributed by atoms with van der Waals surface area (Å²) in [5.74, 6) is 0.260. The topological polar surface area (TPSA) is 96.5 Å². The highest BCUT2D eigenvalue weighted by molar-refractivity contribution is 8.01. The molecule has 1 aromatic rings. The summed E-state index contributed by atoms with van der Waals surface area (Å²) in [6.07, 6.45) is 3.58. The lowest BCUT2D eigenvalue weighted by Gasteiger charge is -2.32. The van der Waals surface area contributed by atoms with Gasteiger partial charge in [-0.2, -0.15) is 0 Å². The van der Waals surface area contributed by atoms with Gasteiger partial charge in [0.05, 0.1) is 0 Å². The SMILES string of the molecule is CCCC(C)C(N)[C@H]1CCC(=O)N1CCSc1nc(C(=O)O)cs1. The minimum Gasteiger partial charge on any atom is -0.476 e. The maximum atomic E-state index is 12.2. The van der Waals surface area contributed by atoms with Gasteiger partial charge in [-0.15, -0.1) is 11.3 Å². The van der Waals surface area contributed by atoms with Crippen molar-refractivity contribution in [3.05, 3.63) is 11.1 Å². The van der Waals surface area contributed by atoms with Crippen molar-refractivity contribution in [1.82, 2.24) is 9.88 Å². The van der Waals surface area contributed by atoms with Crippen LogP contribution in [0.4, 0.5) is 0 Å². The first-order valence-corrected chi connectivity index (χ1v) is 10.2. The molecule has 0 aromatic carbocycles. The number of nitrogens with zero attached hydrogens (tertiary/aromatic N) is 2. The number of carbonyl (C=O) groups excluding carboxylic acids is 1. The summed E-state index contributed by atoms with van der Waals surface area (Å²) < 4.78 is 0.722. The van der Waals surface area contributed by atoms with Crippen molar-refractivity contribution in [2.45, 2.75) is 56.0 Å². The molecular weight excluding hydrogens is 346 g/mol. The molecule has 3 N–H and O–H groups in total. The molecule has 2 heterocycles. The highest BCUT2D eigenvalue weighted by Gasteiger charge is 2.36. The number of carboxylic acids is 1. The van der Waals surface area contributed by atoms with Crippen LogP contribution >= 0.6 is 23.1 Å². The first kappa shape index (κ1) is 19.2. The van der Waals surface area contributed by atoms with Gasteiger partial charge in [-0.25, -0.2) is 9.78 Å². The van der Waals surface area contributed by atoms with Crippen LogP contribution in [0.1, 0.15) is 50.0 Å². The Morgan fingerprint density at radius 1 is 1.62 bits per heavy atom. The quantitative estimate of drug-likeness (QED) is 0.648. The monoisotopic (exact) mass is 371 g/mol. The number of hydrogen-bond donors (Lipinski definition) is 2. The van der Waals surface area contributed by atoms with Crippen LogP contribution in [0, 0.1) is 5.92 Å². The zero-order valence-corrected chi connectivity index (χ0v) is 15.7. The molecule has 0 aliphatic carbocycles. The zero-order chi connectivity index (χ0) is 17.7. The van der Waals surface area contributed by atoms with Crippen LogP contribution < -0.4 is 5.73 Å². The van der Waals surface area contributed by atoms with Crippen LogP contribution in [0.3, 0.4) is 0 Å². The minimum atomic E-state index is -1.01. The van der Waals surface area contributed by atoms with Gasteiger partial charge in [-0.05, 0) is 18.8 Å². The van der Waals surface area contributed by atoms with Crippen molar-refractivity contribution in [2.75, 3.05) is 12.3 Å². The number of carboxylic acid groups (broad SMARTS) is 1. The summed E-state index contributed by atoms with van der Waals surface area (Å²) in [4.78, 5) is 29.0. The number of amides is 1. The molecule has 1 aliphatic heterocycles. The molecule has 1 aromatic heterocycles. The van der Waals surface area contributed by atoms with Gasteiger partial charge >= 0.3 is 5.97 Å². The number of aromatic carboxylic acids is 1. The molecule has 8 heteroatoms. The first-order chi connectivity index (χ1) is 11.4. The van der Waals surface area contributed by atoms with Crippen LogP contribution in [-0.4, -0.2) is 51.2 Å². The average molecular weight is 372 g/mol. The first-order valence-electron chi connectivity index (χ1n) is 8.30. The van der Waals surface area contributed by atoms with Gasteiger partial charge in [0.2, 0.25) is 5.91 Å². The van der Waals surface area contributed by atoms with E-state index in [1.54, 1.807) is 0 Å². The van der Waals surface area contributed by atoms with Gasteiger partial charge < -0.3 is 15.7 Å². The molecule has 134 valence electrons. The summed E-state index contributed by atoms with van der Waals surface area (Å²) in [6, 6.07) is 0.130. The van der Waals surface area contributed by atoms with Gasteiger partial charge in [0, 0.05) is 36.2 Å². The molecule has 6 nitrogen and oxygen atoms in total. The van der Waals surface area contributed by atoms with Crippen LogP contribution in [0.15, 0.2) is 9.72 Å². The molecule has 1 fully saturated rings. The Kier molecular flexibility index (Phi) is 7.06.